The Balaban J connectivity index is 1.36. The molecule has 0 aromatic heterocycles. The fraction of sp³-hybridized carbons (Fsp3) is 0.333. The Morgan fingerprint density at radius 1 is 1.03 bits per heavy atom. The second kappa shape index (κ2) is 9.43. The van der Waals surface area contributed by atoms with Crippen LogP contribution >= 0.6 is 11.6 Å². The molecule has 2 aliphatic heterocycles. The van der Waals surface area contributed by atoms with E-state index in [1.54, 1.807) is 7.11 Å². The molecule has 0 radical (unpaired) electrons. The molecular formula is C27H29ClN2O2. The number of para-hydroxylation sites is 2. The van der Waals surface area contributed by atoms with E-state index in [2.05, 4.69) is 52.3 Å². The van der Waals surface area contributed by atoms with Crippen molar-refractivity contribution in [3.63, 3.8) is 0 Å². The zero-order valence-corrected chi connectivity index (χ0v) is 19.2. The van der Waals surface area contributed by atoms with Crippen molar-refractivity contribution in [1.82, 2.24) is 4.90 Å². The zero-order chi connectivity index (χ0) is 21.9. The lowest BCUT2D eigenvalue weighted by molar-refractivity contribution is 0.261. The van der Waals surface area contributed by atoms with Crippen molar-refractivity contribution in [2.24, 2.45) is 0 Å². The van der Waals surface area contributed by atoms with Crippen molar-refractivity contribution < 1.29 is 9.47 Å². The van der Waals surface area contributed by atoms with Crippen LogP contribution in [0.25, 0.3) is 0 Å². The minimum Gasteiger partial charge on any atom is -0.497 e. The molecule has 1 fully saturated rings. The molecule has 0 amide bonds. The summed E-state index contributed by atoms with van der Waals surface area (Å²) in [6.45, 7) is 3.70. The lowest BCUT2D eigenvalue weighted by Crippen LogP contribution is -2.39. The molecule has 2 aliphatic rings. The number of benzene rings is 3. The number of fused-ring (bicyclic) bond motifs is 2. The molecule has 32 heavy (non-hydrogen) atoms. The predicted molar refractivity (Wildman–Crippen MR) is 131 cm³/mol. The predicted octanol–water partition coefficient (Wildman–Crippen LogP) is 6.09. The van der Waals surface area contributed by atoms with Crippen LogP contribution in [-0.2, 0) is 13.0 Å². The average Bonchev–Trinajstić information content (AvgIpc) is 3.21. The van der Waals surface area contributed by atoms with Crippen LogP contribution in [0.3, 0.4) is 0 Å². The Labute approximate surface area is 195 Å². The van der Waals surface area contributed by atoms with Crippen LogP contribution in [-0.4, -0.2) is 37.7 Å². The van der Waals surface area contributed by atoms with Crippen LogP contribution in [0.4, 0.5) is 11.4 Å². The van der Waals surface area contributed by atoms with Crippen molar-refractivity contribution in [2.75, 3.05) is 31.6 Å². The summed E-state index contributed by atoms with van der Waals surface area (Å²) in [5.41, 5.74) is 4.80. The summed E-state index contributed by atoms with van der Waals surface area (Å²) in [7, 11) is 1.71. The van der Waals surface area contributed by atoms with Gasteiger partial charge in [-0.3, -0.25) is 4.90 Å². The number of likely N-dealkylation sites (tertiary alicyclic amines) is 1. The molecule has 3 aromatic carbocycles. The number of rotatable bonds is 6. The lowest BCUT2D eigenvalue weighted by atomic mass is 10.1. The molecule has 5 heteroatoms. The number of halogens is 1. The van der Waals surface area contributed by atoms with Gasteiger partial charge in [-0.2, -0.15) is 0 Å². The van der Waals surface area contributed by atoms with E-state index in [1.807, 2.05) is 24.3 Å². The lowest BCUT2D eigenvalue weighted by Gasteiger charge is -2.33. The van der Waals surface area contributed by atoms with E-state index in [-0.39, 0.29) is 0 Å². The van der Waals surface area contributed by atoms with Crippen LogP contribution in [0.2, 0.25) is 5.02 Å². The first-order chi connectivity index (χ1) is 15.7. The summed E-state index contributed by atoms with van der Waals surface area (Å²) >= 11 is 6.42. The van der Waals surface area contributed by atoms with Gasteiger partial charge in [0.1, 0.15) is 18.1 Å². The van der Waals surface area contributed by atoms with Gasteiger partial charge in [-0.25, -0.2) is 0 Å². The molecule has 4 nitrogen and oxygen atoms in total. The molecule has 0 spiro atoms. The average molecular weight is 449 g/mol. The van der Waals surface area contributed by atoms with E-state index in [9.17, 15) is 0 Å². The van der Waals surface area contributed by atoms with Gasteiger partial charge in [0.2, 0.25) is 0 Å². The molecule has 3 aromatic rings. The van der Waals surface area contributed by atoms with E-state index >= 15 is 0 Å². The van der Waals surface area contributed by atoms with Gasteiger partial charge < -0.3 is 14.4 Å². The smallest absolute Gasteiger partial charge is 0.143 e. The SMILES string of the molecule is COc1ccc(CCN2CCC[C@@H]2CN2c3cc(Cl)ccc3COc3ccccc32)cc1. The van der Waals surface area contributed by atoms with Crippen molar-refractivity contribution in [3.8, 4) is 11.5 Å². The molecule has 2 heterocycles. The van der Waals surface area contributed by atoms with Gasteiger partial charge in [-0.15, -0.1) is 0 Å². The summed E-state index contributed by atoms with van der Waals surface area (Å²) < 4.78 is 11.4. The number of nitrogens with zero attached hydrogens (tertiary/aromatic N) is 2. The molecule has 0 bridgehead atoms. The summed E-state index contributed by atoms with van der Waals surface area (Å²) in [6, 6.07) is 23.4. The maximum absolute atomic E-state index is 6.42. The van der Waals surface area contributed by atoms with Crippen LogP contribution in [0.1, 0.15) is 24.0 Å². The third-order valence-corrected chi connectivity index (χ3v) is 6.85. The first kappa shape index (κ1) is 21.2. The molecule has 0 aliphatic carbocycles. The molecule has 1 saturated heterocycles. The standard InChI is InChI=1S/C27H29ClN2O2/c1-31-24-12-8-20(9-13-24)14-16-29-15-4-5-23(29)18-30-25-6-2-3-7-27(25)32-19-21-10-11-22(28)17-26(21)30/h2-3,6-13,17,23H,4-5,14-16,18-19H2,1H3/t23-/m1/s1. The molecule has 1 atom stereocenters. The minimum absolute atomic E-state index is 0.492. The first-order valence-electron chi connectivity index (χ1n) is 11.4. The van der Waals surface area contributed by atoms with Gasteiger partial charge in [0, 0.05) is 35.4 Å². The van der Waals surface area contributed by atoms with Gasteiger partial charge >= 0.3 is 0 Å². The number of hydrogen-bond donors (Lipinski definition) is 0. The highest BCUT2D eigenvalue weighted by Crippen LogP contribution is 2.41. The highest BCUT2D eigenvalue weighted by Gasteiger charge is 2.30. The normalized spacial score (nSPS) is 17.9. The Morgan fingerprint density at radius 2 is 1.88 bits per heavy atom. The Kier molecular flexibility index (Phi) is 6.24. The van der Waals surface area contributed by atoms with Crippen LogP contribution in [0.15, 0.2) is 66.7 Å². The Bertz CT molecular complexity index is 1070. The van der Waals surface area contributed by atoms with Crippen molar-refractivity contribution >= 4 is 23.0 Å². The minimum atomic E-state index is 0.492. The van der Waals surface area contributed by atoms with Crippen LogP contribution in [0, 0.1) is 0 Å². The van der Waals surface area contributed by atoms with E-state index in [0.29, 0.717) is 12.6 Å². The monoisotopic (exact) mass is 448 g/mol. The topological polar surface area (TPSA) is 24.9 Å². The number of ether oxygens (including phenoxy) is 2. The van der Waals surface area contributed by atoms with Gasteiger partial charge in [0.25, 0.3) is 0 Å². The molecule has 166 valence electrons. The molecule has 0 N–H and O–H groups in total. The number of anilines is 2. The van der Waals surface area contributed by atoms with E-state index in [0.717, 1.165) is 54.0 Å². The van der Waals surface area contributed by atoms with Crippen molar-refractivity contribution in [1.29, 1.82) is 0 Å². The van der Waals surface area contributed by atoms with E-state index in [4.69, 9.17) is 21.1 Å². The molecule has 5 rings (SSSR count). The van der Waals surface area contributed by atoms with Gasteiger partial charge in [-0.1, -0.05) is 41.9 Å². The van der Waals surface area contributed by atoms with E-state index in [1.165, 1.54) is 24.0 Å². The van der Waals surface area contributed by atoms with Gasteiger partial charge in [-0.05, 0) is 67.8 Å². The van der Waals surface area contributed by atoms with Crippen LogP contribution in [0.5, 0.6) is 11.5 Å². The summed E-state index contributed by atoms with van der Waals surface area (Å²) in [4.78, 5) is 5.06. The Hall–Kier alpha value is -2.69. The summed E-state index contributed by atoms with van der Waals surface area (Å²) in [5.74, 6) is 1.84. The maximum atomic E-state index is 6.42. The summed E-state index contributed by atoms with van der Waals surface area (Å²) in [5, 5.41) is 0.760. The second-order valence-corrected chi connectivity index (χ2v) is 9.01. The first-order valence-corrected chi connectivity index (χ1v) is 11.7. The second-order valence-electron chi connectivity index (χ2n) is 8.57. The quantitative estimate of drug-likeness (QED) is 0.455. The Morgan fingerprint density at radius 3 is 2.72 bits per heavy atom. The number of hydrogen-bond acceptors (Lipinski definition) is 4. The van der Waals surface area contributed by atoms with Gasteiger partial charge in [0.15, 0.2) is 0 Å². The highest BCUT2D eigenvalue weighted by molar-refractivity contribution is 6.30. The van der Waals surface area contributed by atoms with E-state index < -0.39 is 0 Å². The summed E-state index contributed by atoms with van der Waals surface area (Å²) in [6.07, 6.45) is 3.49. The molecular weight excluding hydrogens is 420 g/mol. The maximum Gasteiger partial charge on any atom is 0.143 e. The third-order valence-electron chi connectivity index (χ3n) is 6.62. The third kappa shape index (κ3) is 4.43. The zero-order valence-electron chi connectivity index (χ0n) is 18.5. The molecule has 0 unspecified atom stereocenters. The fourth-order valence-electron chi connectivity index (χ4n) is 4.87. The largest absolute Gasteiger partial charge is 0.497 e. The van der Waals surface area contributed by atoms with Gasteiger partial charge in [0.05, 0.1) is 12.8 Å². The van der Waals surface area contributed by atoms with Crippen molar-refractivity contribution in [3.05, 3.63) is 82.9 Å². The highest BCUT2D eigenvalue weighted by atomic mass is 35.5. The molecule has 0 saturated carbocycles. The van der Waals surface area contributed by atoms with Crippen LogP contribution < -0.4 is 14.4 Å². The fourth-order valence-corrected chi connectivity index (χ4v) is 5.03. The van der Waals surface area contributed by atoms with Crippen molar-refractivity contribution in [2.45, 2.75) is 31.9 Å². The number of methoxy groups -OCH3 is 1.